The van der Waals surface area contributed by atoms with Crippen molar-refractivity contribution in [2.75, 3.05) is 20.2 Å². The van der Waals surface area contributed by atoms with Crippen LogP contribution in [0.4, 0.5) is 0 Å². The van der Waals surface area contributed by atoms with Crippen molar-refractivity contribution in [3.8, 4) is 0 Å². The molecule has 0 heterocycles. The van der Waals surface area contributed by atoms with Crippen LogP contribution in [0.5, 0.6) is 0 Å². The van der Waals surface area contributed by atoms with Crippen LogP contribution in [0.3, 0.4) is 0 Å². The zero-order valence-electron chi connectivity index (χ0n) is 11.7. The summed E-state index contributed by atoms with van der Waals surface area (Å²) in [6.07, 6.45) is 0.918. The zero-order chi connectivity index (χ0) is 13.6. The second-order valence-electron chi connectivity index (χ2n) is 5.45. The first-order chi connectivity index (χ1) is 8.43. The average Bonchev–Trinajstić information content (AvgIpc) is 2.33. The molecule has 1 aromatic rings. The molecule has 0 fully saturated rings. The molecule has 0 unspecified atom stereocenters. The number of esters is 1. The van der Waals surface area contributed by atoms with Gasteiger partial charge < -0.3 is 10.1 Å². The second kappa shape index (κ2) is 6.55. The summed E-state index contributed by atoms with van der Waals surface area (Å²) < 4.78 is 4.55. The Balaban J connectivity index is 2.38. The van der Waals surface area contributed by atoms with E-state index in [0.717, 1.165) is 13.0 Å². The summed E-state index contributed by atoms with van der Waals surface area (Å²) in [5, 5.41) is 3.05. The van der Waals surface area contributed by atoms with E-state index in [4.69, 9.17) is 0 Å². The topological polar surface area (TPSA) is 38.3 Å². The van der Waals surface area contributed by atoms with E-state index in [1.165, 1.54) is 18.2 Å². The lowest BCUT2D eigenvalue weighted by molar-refractivity contribution is -0.139. The number of nitrogens with one attached hydrogen (secondary N) is 1. The number of ether oxygens (including phenoxy) is 1. The van der Waals surface area contributed by atoms with Crippen molar-refractivity contribution in [3.63, 3.8) is 0 Å². The highest BCUT2D eigenvalue weighted by Gasteiger charge is 2.12. The minimum Gasteiger partial charge on any atom is -0.468 e. The van der Waals surface area contributed by atoms with Crippen molar-refractivity contribution in [2.24, 2.45) is 0 Å². The van der Waals surface area contributed by atoms with Gasteiger partial charge >= 0.3 is 5.97 Å². The molecule has 3 heteroatoms. The molecule has 0 atom stereocenters. The standard InChI is InChI=1S/C15H23NO2/c1-15(2,3)13-7-5-12(6-8-13)9-10-16-11-14(17)18-4/h5-8,16H,9-11H2,1-4H3. The lowest BCUT2D eigenvalue weighted by Gasteiger charge is -2.19. The molecule has 1 rings (SSSR count). The van der Waals surface area contributed by atoms with Crippen LogP contribution in [0.1, 0.15) is 31.9 Å². The average molecular weight is 249 g/mol. The number of rotatable bonds is 5. The number of hydrogen-bond acceptors (Lipinski definition) is 3. The maximum Gasteiger partial charge on any atom is 0.319 e. The molecule has 0 bridgehead atoms. The molecular formula is C15H23NO2. The fourth-order valence-electron chi connectivity index (χ4n) is 1.67. The van der Waals surface area contributed by atoms with Crippen molar-refractivity contribution in [3.05, 3.63) is 35.4 Å². The van der Waals surface area contributed by atoms with Gasteiger partial charge in [0, 0.05) is 0 Å². The highest BCUT2D eigenvalue weighted by Crippen LogP contribution is 2.22. The number of carbonyl (C=O) groups is 1. The Bertz CT molecular complexity index is 376. The number of carbonyl (C=O) groups excluding carboxylic acids is 1. The van der Waals surface area contributed by atoms with Crippen LogP contribution in [-0.2, 0) is 21.4 Å². The van der Waals surface area contributed by atoms with Crippen LogP contribution in [0.15, 0.2) is 24.3 Å². The SMILES string of the molecule is COC(=O)CNCCc1ccc(C(C)(C)C)cc1. The van der Waals surface area contributed by atoms with E-state index >= 15 is 0 Å². The smallest absolute Gasteiger partial charge is 0.319 e. The summed E-state index contributed by atoms with van der Waals surface area (Å²) in [4.78, 5) is 10.9. The highest BCUT2D eigenvalue weighted by atomic mass is 16.5. The molecule has 1 N–H and O–H groups in total. The third-order valence-electron chi connectivity index (χ3n) is 2.91. The molecule has 3 nitrogen and oxygen atoms in total. The molecule has 0 radical (unpaired) electrons. The molecule has 18 heavy (non-hydrogen) atoms. The van der Waals surface area contributed by atoms with E-state index < -0.39 is 0 Å². The normalized spacial score (nSPS) is 11.3. The fraction of sp³-hybridized carbons (Fsp3) is 0.533. The number of benzene rings is 1. The van der Waals surface area contributed by atoms with Gasteiger partial charge in [-0.05, 0) is 29.5 Å². The highest BCUT2D eigenvalue weighted by molar-refractivity contribution is 5.71. The van der Waals surface area contributed by atoms with E-state index in [1.807, 2.05) is 0 Å². The minimum absolute atomic E-state index is 0.196. The molecular weight excluding hydrogens is 226 g/mol. The third-order valence-corrected chi connectivity index (χ3v) is 2.91. The van der Waals surface area contributed by atoms with Gasteiger partial charge in [0.25, 0.3) is 0 Å². The first-order valence-electron chi connectivity index (χ1n) is 6.30. The number of methoxy groups -OCH3 is 1. The first kappa shape index (κ1) is 14.7. The van der Waals surface area contributed by atoms with E-state index in [1.54, 1.807) is 0 Å². The summed E-state index contributed by atoms with van der Waals surface area (Å²) in [5.74, 6) is -0.224. The van der Waals surface area contributed by atoms with Crippen molar-refractivity contribution >= 4 is 5.97 Å². The van der Waals surface area contributed by atoms with E-state index in [0.29, 0.717) is 0 Å². The summed E-state index contributed by atoms with van der Waals surface area (Å²) >= 11 is 0. The number of hydrogen-bond donors (Lipinski definition) is 1. The summed E-state index contributed by atoms with van der Waals surface area (Å²) in [6.45, 7) is 7.68. The van der Waals surface area contributed by atoms with E-state index in [2.05, 4.69) is 55.1 Å². The molecule has 0 aliphatic carbocycles. The quantitative estimate of drug-likeness (QED) is 0.643. The van der Waals surface area contributed by atoms with Gasteiger partial charge in [-0.1, -0.05) is 45.0 Å². The van der Waals surface area contributed by atoms with Gasteiger partial charge in [-0.25, -0.2) is 0 Å². The van der Waals surface area contributed by atoms with Crippen molar-refractivity contribution in [1.82, 2.24) is 5.32 Å². The van der Waals surface area contributed by atoms with Crippen LogP contribution in [0, 0.1) is 0 Å². The Kier molecular flexibility index (Phi) is 5.35. The minimum atomic E-state index is -0.224. The largest absolute Gasteiger partial charge is 0.468 e. The van der Waals surface area contributed by atoms with Gasteiger partial charge in [0.15, 0.2) is 0 Å². The molecule has 100 valence electrons. The Labute approximate surface area is 110 Å². The van der Waals surface area contributed by atoms with Gasteiger partial charge in [0.05, 0.1) is 13.7 Å². The predicted molar refractivity (Wildman–Crippen MR) is 73.7 cm³/mol. The van der Waals surface area contributed by atoms with Crippen molar-refractivity contribution in [1.29, 1.82) is 0 Å². The molecule has 0 amide bonds. The summed E-state index contributed by atoms with van der Waals surface area (Å²) in [5.41, 5.74) is 2.82. The lowest BCUT2D eigenvalue weighted by atomic mass is 9.86. The van der Waals surface area contributed by atoms with Crippen molar-refractivity contribution in [2.45, 2.75) is 32.6 Å². The monoisotopic (exact) mass is 249 g/mol. The van der Waals surface area contributed by atoms with Crippen LogP contribution in [-0.4, -0.2) is 26.2 Å². The van der Waals surface area contributed by atoms with Crippen LogP contribution < -0.4 is 5.32 Å². The molecule has 1 aromatic carbocycles. The summed E-state index contributed by atoms with van der Waals surface area (Å²) in [7, 11) is 1.40. The Hall–Kier alpha value is -1.35. The van der Waals surface area contributed by atoms with Gasteiger partial charge in [-0.2, -0.15) is 0 Å². The lowest BCUT2D eigenvalue weighted by Crippen LogP contribution is -2.25. The fourth-order valence-corrected chi connectivity index (χ4v) is 1.67. The summed E-state index contributed by atoms with van der Waals surface area (Å²) in [6, 6.07) is 8.66. The van der Waals surface area contributed by atoms with Crippen LogP contribution in [0.25, 0.3) is 0 Å². The molecule has 0 aliphatic rings. The predicted octanol–water partition coefficient (Wildman–Crippen LogP) is 2.29. The van der Waals surface area contributed by atoms with Gasteiger partial charge in [0.2, 0.25) is 0 Å². The van der Waals surface area contributed by atoms with Crippen LogP contribution >= 0.6 is 0 Å². The first-order valence-corrected chi connectivity index (χ1v) is 6.30. The third kappa shape index (κ3) is 4.88. The van der Waals surface area contributed by atoms with E-state index in [9.17, 15) is 4.79 Å². The van der Waals surface area contributed by atoms with Gasteiger partial charge in [-0.15, -0.1) is 0 Å². The maximum absolute atomic E-state index is 10.9. The Morgan fingerprint density at radius 2 is 1.83 bits per heavy atom. The van der Waals surface area contributed by atoms with Gasteiger partial charge in [0.1, 0.15) is 0 Å². The second-order valence-corrected chi connectivity index (χ2v) is 5.45. The Morgan fingerprint density at radius 3 is 2.33 bits per heavy atom. The Morgan fingerprint density at radius 1 is 1.22 bits per heavy atom. The molecule has 0 saturated carbocycles. The molecule has 0 saturated heterocycles. The van der Waals surface area contributed by atoms with Crippen LogP contribution in [0.2, 0.25) is 0 Å². The molecule has 0 spiro atoms. The van der Waals surface area contributed by atoms with Crippen molar-refractivity contribution < 1.29 is 9.53 Å². The van der Waals surface area contributed by atoms with Gasteiger partial charge in [-0.3, -0.25) is 4.79 Å². The zero-order valence-corrected chi connectivity index (χ0v) is 11.7. The molecule has 0 aliphatic heterocycles. The van der Waals surface area contributed by atoms with E-state index in [-0.39, 0.29) is 17.9 Å². The molecule has 0 aromatic heterocycles. The maximum atomic E-state index is 10.9.